The van der Waals surface area contributed by atoms with Crippen LogP contribution < -0.4 is 5.46 Å². The highest BCUT2D eigenvalue weighted by Gasteiger charge is 1.98. The Hall–Kier alpha value is -0.985. The molecule has 0 aliphatic rings. The van der Waals surface area contributed by atoms with E-state index in [1.165, 1.54) is 12.1 Å². The first-order valence-corrected chi connectivity index (χ1v) is 2.97. The summed E-state index contributed by atoms with van der Waals surface area (Å²) in [5.41, 5.74) is 1.17. The predicted octanol–water partition coefficient (Wildman–Crippen LogP) is 0.915. The third-order valence-corrected chi connectivity index (χ3v) is 1.35. The Morgan fingerprint density at radius 2 is 2.20 bits per heavy atom. The summed E-state index contributed by atoms with van der Waals surface area (Å²) in [5, 5.41) is 9.00. The molecule has 0 atom stereocenters. The molecular formula is C7H7BFO. The monoisotopic (exact) mass is 137 g/mol. The van der Waals surface area contributed by atoms with Crippen LogP contribution in [-0.4, -0.2) is 12.7 Å². The average Bonchev–Trinajstić information content (AvgIpc) is 1.95. The Bertz CT molecular complexity index is 237. The van der Waals surface area contributed by atoms with Crippen molar-refractivity contribution in [2.45, 2.75) is 6.92 Å². The van der Waals surface area contributed by atoms with Crippen LogP contribution in [0.25, 0.3) is 0 Å². The molecule has 1 radical (unpaired) electrons. The predicted molar refractivity (Wildman–Crippen MR) is 39.3 cm³/mol. The molecular weight excluding hydrogens is 130 g/mol. The van der Waals surface area contributed by atoms with Crippen molar-refractivity contribution in [1.82, 2.24) is 0 Å². The summed E-state index contributed by atoms with van der Waals surface area (Å²) in [6.07, 6.45) is 0. The van der Waals surface area contributed by atoms with Crippen LogP contribution in [-0.2, 0) is 0 Å². The maximum Gasteiger partial charge on any atom is 0.391 e. The quantitative estimate of drug-likeness (QED) is 0.570. The maximum absolute atomic E-state index is 11.8. The molecule has 0 fully saturated rings. The van der Waals surface area contributed by atoms with E-state index < -0.39 is 0 Å². The number of rotatable bonds is 1. The van der Waals surface area contributed by atoms with Gasteiger partial charge in [-0.05, 0) is 24.0 Å². The van der Waals surface area contributed by atoms with Gasteiger partial charge in [-0.3, -0.25) is 0 Å². The minimum Gasteiger partial charge on any atom is -0.508 e. The van der Waals surface area contributed by atoms with Crippen molar-refractivity contribution in [3.05, 3.63) is 23.8 Å². The Balaban J connectivity index is 3.04. The van der Waals surface area contributed by atoms with Crippen molar-refractivity contribution in [3.8, 4) is 5.75 Å². The van der Waals surface area contributed by atoms with Gasteiger partial charge in [0.1, 0.15) is 5.75 Å². The molecule has 0 amide bonds. The van der Waals surface area contributed by atoms with Crippen molar-refractivity contribution in [2.24, 2.45) is 0 Å². The molecule has 0 aliphatic carbocycles. The van der Waals surface area contributed by atoms with E-state index in [0.717, 1.165) is 0 Å². The lowest BCUT2D eigenvalue weighted by Crippen LogP contribution is -2.08. The molecule has 1 nitrogen and oxygen atoms in total. The van der Waals surface area contributed by atoms with Gasteiger partial charge in [0.25, 0.3) is 0 Å². The van der Waals surface area contributed by atoms with E-state index in [1.54, 1.807) is 13.0 Å². The third-order valence-electron chi connectivity index (χ3n) is 1.35. The minimum absolute atomic E-state index is 0.200. The second kappa shape index (κ2) is 2.73. The molecule has 0 spiro atoms. The molecule has 10 heavy (non-hydrogen) atoms. The number of hydrogen-bond donors (Lipinski definition) is 1. The number of aryl methyl sites for hydroxylation is 1. The van der Waals surface area contributed by atoms with Crippen LogP contribution in [0.4, 0.5) is 4.32 Å². The molecule has 0 saturated heterocycles. The van der Waals surface area contributed by atoms with Gasteiger partial charge in [-0.15, -0.1) is 0 Å². The maximum atomic E-state index is 11.8. The van der Waals surface area contributed by atoms with E-state index in [4.69, 9.17) is 5.11 Å². The van der Waals surface area contributed by atoms with Gasteiger partial charge < -0.3 is 9.42 Å². The summed E-state index contributed by atoms with van der Waals surface area (Å²) in [5.74, 6) is 0.200. The third kappa shape index (κ3) is 1.29. The number of phenols is 1. The fourth-order valence-electron chi connectivity index (χ4n) is 0.747. The van der Waals surface area contributed by atoms with Crippen LogP contribution in [0, 0.1) is 6.92 Å². The number of benzene rings is 1. The van der Waals surface area contributed by atoms with Gasteiger partial charge in [-0.25, -0.2) is 0 Å². The Morgan fingerprint density at radius 3 is 2.70 bits per heavy atom. The zero-order valence-electron chi connectivity index (χ0n) is 5.63. The summed E-state index contributed by atoms with van der Waals surface area (Å²) in [7, 11) is 0.506. The largest absolute Gasteiger partial charge is 0.508 e. The molecule has 0 aromatic heterocycles. The van der Waals surface area contributed by atoms with Crippen LogP contribution in [0.3, 0.4) is 0 Å². The molecule has 1 aromatic rings. The normalized spacial score (nSPS) is 9.40. The van der Waals surface area contributed by atoms with Crippen LogP contribution in [0.1, 0.15) is 5.56 Å². The van der Waals surface area contributed by atoms with Gasteiger partial charge in [-0.1, -0.05) is 12.1 Å². The zero-order chi connectivity index (χ0) is 7.56. The molecule has 0 heterocycles. The first-order chi connectivity index (χ1) is 4.74. The van der Waals surface area contributed by atoms with Crippen LogP contribution in [0.2, 0.25) is 0 Å². The van der Waals surface area contributed by atoms with Crippen LogP contribution >= 0.6 is 0 Å². The Kier molecular flexibility index (Phi) is 1.95. The van der Waals surface area contributed by atoms with Crippen molar-refractivity contribution < 1.29 is 9.42 Å². The van der Waals surface area contributed by atoms with Crippen molar-refractivity contribution >= 4 is 13.0 Å². The van der Waals surface area contributed by atoms with Crippen LogP contribution in [0.15, 0.2) is 18.2 Å². The van der Waals surface area contributed by atoms with Crippen LogP contribution in [0.5, 0.6) is 5.75 Å². The molecule has 0 saturated carbocycles. The SMILES string of the molecule is Cc1cc([B]F)ccc1O. The van der Waals surface area contributed by atoms with E-state index in [9.17, 15) is 4.32 Å². The summed E-state index contributed by atoms with van der Waals surface area (Å²) in [4.78, 5) is 0. The Labute approximate surface area is 59.8 Å². The summed E-state index contributed by atoms with van der Waals surface area (Å²) >= 11 is 0. The lowest BCUT2D eigenvalue weighted by atomic mass is 9.90. The highest BCUT2D eigenvalue weighted by molar-refractivity contribution is 6.46. The number of aromatic hydroxyl groups is 1. The number of hydrogen-bond acceptors (Lipinski definition) is 1. The molecule has 0 aliphatic heterocycles. The number of phenolic OH excluding ortho intramolecular Hbond substituents is 1. The molecule has 51 valence electrons. The van der Waals surface area contributed by atoms with Gasteiger partial charge in [0, 0.05) is 0 Å². The van der Waals surface area contributed by atoms with Crippen molar-refractivity contribution in [1.29, 1.82) is 0 Å². The second-order valence-corrected chi connectivity index (χ2v) is 2.16. The topological polar surface area (TPSA) is 20.2 Å². The second-order valence-electron chi connectivity index (χ2n) is 2.16. The van der Waals surface area contributed by atoms with Gasteiger partial charge in [0.05, 0.1) is 0 Å². The molecule has 0 unspecified atom stereocenters. The summed E-state index contributed by atoms with van der Waals surface area (Å²) in [6.45, 7) is 1.72. The van der Waals surface area contributed by atoms with E-state index in [2.05, 4.69) is 0 Å². The lowest BCUT2D eigenvalue weighted by Gasteiger charge is -1.97. The molecule has 1 rings (SSSR count). The van der Waals surface area contributed by atoms with E-state index in [-0.39, 0.29) is 5.75 Å². The van der Waals surface area contributed by atoms with Gasteiger partial charge >= 0.3 is 7.56 Å². The van der Waals surface area contributed by atoms with E-state index >= 15 is 0 Å². The Morgan fingerprint density at radius 1 is 1.50 bits per heavy atom. The average molecular weight is 137 g/mol. The fourth-order valence-corrected chi connectivity index (χ4v) is 0.747. The first kappa shape index (κ1) is 7.13. The minimum atomic E-state index is 0.200. The van der Waals surface area contributed by atoms with Crippen molar-refractivity contribution in [2.75, 3.05) is 0 Å². The smallest absolute Gasteiger partial charge is 0.391 e. The van der Waals surface area contributed by atoms with Crippen molar-refractivity contribution in [3.63, 3.8) is 0 Å². The van der Waals surface area contributed by atoms with Gasteiger partial charge in [0.15, 0.2) is 0 Å². The number of halogens is 1. The fraction of sp³-hybridized carbons (Fsp3) is 0.143. The highest BCUT2D eigenvalue weighted by Crippen LogP contribution is 2.11. The standard InChI is InChI=1S/C7H7BFO/c1-5-4-6(8-9)2-3-7(5)10/h2-4,10H,1H3. The van der Waals surface area contributed by atoms with E-state index in [1.807, 2.05) is 0 Å². The lowest BCUT2D eigenvalue weighted by molar-refractivity contribution is 0.471. The molecule has 1 N–H and O–H groups in total. The molecule has 0 bridgehead atoms. The van der Waals surface area contributed by atoms with E-state index in [0.29, 0.717) is 18.6 Å². The zero-order valence-corrected chi connectivity index (χ0v) is 5.63. The summed E-state index contributed by atoms with van der Waals surface area (Å²) in [6, 6.07) is 4.57. The highest BCUT2D eigenvalue weighted by atomic mass is 19.1. The molecule has 3 heteroatoms. The first-order valence-electron chi connectivity index (χ1n) is 2.97. The molecule has 1 aromatic carbocycles. The summed E-state index contributed by atoms with van der Waals surface area (Å²) < 4.78 is 11.8. The van der Waals surface area contributed by atoms with Gasteiger partial charge in [-0.2, -0.15) is 0 Å². The van der Waals surface area contributed by atoms with Gasteiger partial charge in [0.2, 0.25) is 0 Å².